The Hall–Kier alpha value is -5.35. The van der Waals surface area contributed by atoms with Gasteiger partial charge in [-0.15, -0.1) is 0 Å². The molecule has 0 fully saturated rings. The number of allylic oxidation sites excluding steroid dienone is 28. The Kier molecular flexibility index (Phi) is 58.6. The van der Waals surface area contributed by atoms with Gasteiger partial charge in [-0.2, -0.15) is 0 Å². The van der Waals surface area contributed by atoms with E-state index in [0.29, 0.717) is 23.9 Å². The summed E-state index contributed by atoms with van der Waals surface area (Å²) in [6.45, 7) is 4.54. The van der Waals surface area contributed by atoms with Crippen LogP contribution in [-0.4, -0.2) is 87.4 Å². The molecule has 0 rings (SSSR count). The SMILES string of the molecule is CC/C=C\C/C=C\C/C=C\C/C=C\C/C=C\C/C=C\C/C=C\C/C=C\CCCCCCCCCCCCCCCCC(=O)OC(COC(=O)CC/C=C\C/C=C\C/C=C\C/C=C\C/C=C\C/C=C\CC)COC(OCC[N+](C)(C)C)C(=O)O. The molecule has 83 heavy (non-hydrogen) atoms. The zero-order chi connectivity index (χ0) is 60.5. The molecule has 0 saturated carbocycles. The standard InChI is InChI=1S/C74H117NO8/c1-6-8-10-12-14-16-18-20-22-24-26-27-28-29-30-31-32-33-34-35-36-37-38-39-40-41-42-43-44-45-47-49-51-53-55-57-59-61-63-65-72(77)83-70(69-82-74(73(78)79)80-67-66-75(3,4)5)68-81-71(76)64-62-60-58-56-54-52-50-48-46-25-23-21-19-17-15-13-11-9-7-2/h8-11,14-17,20-23,26-27,29-30,32-33,35-36,38-39,46,48,52,54,58,60,70,74H,6-7,12-13,18-19,24-25,28,31,34,37,40-45,47,49-51,53,55-57,59,61-69H2,1-5H3/p+1/b10-8-,11-9-,16-14-,17-15-,22-20-,23-21-,27-26-,30-29-,33-32-,36-35-,39-38-,48-46-,54-52-,60-58-. The highest BCUT2D eigenvalue weighted by atomic mass is 16.7. The predicted molar refractivity (Wildman–Crippen MR) is 354 cm³/mol. The molecular formula is C74H118NO8+. The van der Waals surface area contributed by atoms with Crippen molar-refractivity contribution < 1.29 is 42.9 Å². The van der Waals surface area contributed by atoms with E-state index in [-0.39, 0.29) is 32.7 Å². The number of hydrogen-bond acceptors (Lipinski definition) is 7. The van der Waals surface area contributed by atoms with Crippen LogP contribution in [0.15, 0.2) is 170 Å². The summed E-state index contributed by atoms with van der Waals surface area (Å²) in [7, 11) is 5.94. The van der Waals surface area contributed by atoms with Crippen molar-refractivity contribution in [1.82, 2.24) is 0 Å². The lowest BCUT2D eigenvalue weighted by molar-refractivity contribution is -0.870. The Labute approximate surface area is 507 Å². The summed E-state index contributed by atoms with van der Waals surface area (Å²) in [5.74, 6) is -2.13. The molecule has 0 spiro atoms. The minimum Gasteiger partial charge on any atom is -0.477 e. The fraction of sp³-hybridized carbons (Fsp3) is 0.581. The zero-order valence-electron chi connectivity index (χ0n) is 53.0. The Balaban J connectivity index is 4.20. The number of carbonyl (C=O) groups is 3. The quantitative estimate of drug-likeness (QED) is 0.0211. The maximum absolute atomic E-state index is 12.9. The van der Waals surface area contributed by atoms with E-state index in [1.165, 1.54) is 70.6 Å². The van der Waals surface area contributed by atoms with Crippen molar-refractivity contribution >= 4 is 17.9 Å². The van der Waals surface area contributed by atoms with Gasteiger partial charge in [-0.05, 0) is 116 Å². The van der Waals surface area contributed by atoms with Gasteiger partial charge in [-0.3, -0.25) is 9.59 Å². The van der Waals surface area contributed by atoms with Crippen LogP contribution in [0.1, 0.15) is 219 Å². The molecule has 0 aliphatic rings. The second-order valence-corrected chi connectivity index (χ2v) is 22.0. The first-order valence-electron chi connectivity index (χ1n) is 32.3. The Morgan fingerprint density at radius 3 is 1.01 bits per heavy atom. The number of nitrogens with zero attached hydrogens (tertiary/aromatic N) is 1. The van der Waals surface area contributed by atoms with Gasteiger partial charge >= 0.3 is 17.9 Å². The molecule has 0 heterocycles. The molecule has 0 radical (unpaired) electrons. The van der Waals surface area contributed by atoms with Gasteiger partial charge in [0.1, 0.15) is 13.2 Å². The number of unbranched alkanes of at least 4 members (excludes halogenated alkanes) is 14. The summed E-state index contributed by atoms with van der Waals surface area (Å²) in [6, 6.07) is 0. The molecule has 0 saturated heterocycles. The third-order valence-corrected chi connectivity index (χ3v) is 13.0. The molecule has 0 bridgehead atoms. The first-order chi connectivity index (χ1) is 40.6. The van der Waals surface area contributed by atoms with Crippen LogP contribution in [0.5, 0.6) is 0 Å². The van der Waals surface area contributed by atoms with Crippen LogP contribution in [0.3, 0.4) is 0 Å². The summed E-state index contributed by atoms with van der Waals surface area (Å²) < 4.78 is 22.8. The van der Waals surface area contributed by atoms with Crippen molar-refractivity contribution in [1.29, 1.82) is 0 Å². The first kappa shape index (κ1) is 77.7. The van der Waals surface area contributed by atoms with E-state index in [1.54, 1.807) is 0 Å². The predicted octanol–water partition coefficient (Wildman–Crippen LogP) is 19.9. The normalized spacial score (nSPS) is 13.9. The molecule has 2 unspecified atom stereocenters. The summed E-state index contributed by atoms with van der Waals surface area (Å²) in [4.78, 5) is 37.5. The maximum atomic E-state index is 12.9. The zero-order valence-corrected chi connectivity index (χ0v) is 53.0. The van der Waals surface area contributed by atoms with Crippen LogP contribution < -0.4 is 0 Å². The number of hydrogen-bond donors (Lipinski definition) is 1. The molecule has 2 atom stereocenters. The lowest BCUT2D eigenvalue weighted by Gasteiger charge is -2.25. The lowest BCUT2D eigenvalue weighted by atomic mass is 10.0. The number of esters is 2. The van der Waals surface area contributed by atoms with Gasteiger partial charge in [0.05, 0.1) is 34.4 Å². The van der Waals surface area contributed by atoms with E-state index >= 15 is 0 Å². The number of carboxylic acid groups (broad SMARTS) is 1. The number of rotatable bonds is 57. The fourth-order valence-electron chi connectivity index (χ4n) is 8.11. The Morgan fingerprint density at radius 2 is 0.675 bits per heavy atom. The highest BCUT2D eigenvalue weighted by molar-refractivity contribution is 5.71. The summed E-state index contributed by atoms with van der Waals surface area (Å²) in [6.07, 6.45) is 91.9. The lowest BCUT2D eigenvalue weighted by Crippen LogP contribution is -2.40. The van der Waals surface area contributed by atoms with Gasteiger partial charge in [0.15, 0.2) is 6.10 Å². The Bertz CT molecular complexity index is 1960. The number of likely N-dealkylation sites (N-methyl/N-ethyl adjacent to an activating group) is 1. The highest BCUT2D eigenvalue weighted by Crippen LogP contribution is 2.15. The van der Waals surface area contributed by atoms with Crippen LogP contribution >= 0.6 is 0 Å². The van der Waals surface area contributed by atoms with Gasteiger partial charge in [0.25, 0.3) is 6.29 Å². The monoisotopic (exact) mass is 1150 g/mol. The average Bonchev–Trinajstić information content (AvgIpc) is 3.46. The molecule has 9 nitrogen and oxygen atoms in total. The van der Waals surface area contributed by atoms with E-state index in [1.807, 2.05) is 33.3 Å². The smallest absolute Gasteiger partial charge is 0.361 e. The second-order valence-electron chi connectivity index (χ2n) is 22.0. The summed E-state index contributed by atoms with van der Waals surface area (Å²) >= 11 is 0. The van der Waals surface area contributed by atoms with E-state index < -0.39 is 30.3 Å². The molecule has 1 N–H and O–H groups in total. The number of ether oxygens (including phenoxy) is 4. The van der Waals surface area contributed by atoms with Crippen molar-refractivity contribution in [3.8, 4) is 0 Å². The largest absolute Gasteiger partial charge is 0.477 e. The molecule has 0 aromatic rings. The minimum absolute atomic E-state index is 0.168. The van der Waals surface area contributed by atoms with Gasteiger partial charge in [-0.1, -0.05) is 261 Å². The van der Waals surface area contributed by atoms with Crippen LogP contribution in [-0.2, 0) is 33.3 Å². The number of quaternary nitrogens is 1. The topological polar surface area (TPSA) is 108 Å². The van der Waals surface area contributed by atoms with Crippen LogP contribution in [0.25, 0.3) is 0 Å². The molecule has 0 aliphatic carbocycles. The summed E-state index contributed by atoms with van der Waals surface area (Å²) in [5, 5.41) is 9.72. The van der Waals surface area contributed by atoms with Crippen molar-refractivity contribution in [3.05, 3.63) is 170 Å². The molecular weight excluding hydrogens is 1030 g/mol. The van der Waals surface area contributed by atoms with E-state index in [4.69, 9.17) is 18.9 Å². The van der Waals surface area contributed by atoms with Crippen molar-refractivity contribution in [2.45, 2.75) is 232 Å². The van der Waals surface area contributed by atoms with E-state index in [0.717, 1.165) is 109 Å². The average molecular weight is 1150 g/mol. The third kappa shape index (κ3) is 64.1. The van der Waals surface area contributed by atoms with Gasteiger partial charge in [0, 0.05) is 12.8 Å². The van der Waals surface area contributed by atoms with E-state index in [2.05, 4.69) is 172 Å². The van der Waals surface area contributed by atoms with Crippen molar-refractivity contribution in [3.63, 3.8) is 0 Å². The van der Waals surface area contributed by atoms with Crippen molar-refractivity contribution in [2.24, 2.45) is 0 Å². The molecule has 0 aliphatic heterocycles. The van der Waals surface area contributed by atoms with E-state index in [9.17, 15) is 19.5 Å². The maximum Gasteiger partial charge on any atom is 0.361 e. The Morgan fingerprint density at radius 1 is 0.361 bits per heavy atom. The number of carboxylic acids is 1. The molecule has 9 heteroatoms. The van der Waals surface area contributed by atoms with Gasteiger partial charge in [-0.25, -0.2) is 4.79 Å². The molecule has 466 valence electrons. The highest BCUT2D eigenvalue weighted by Gasteiger charge is 2.25. The van der Waals surface area contributed by atoms with Crippen LogP contribution in [0, 0.1) is 0 Å². The third-order valence-electron chi connectivity index (χ3n) is 13.0. The van der Waals surface area contributed by atoms with Gasteiger partial charge in [0.2, 0.25) is 0 Å². The summed E-state index contributed by atoms with van der Waals surface area (Å²) in [5.41, 5.74) is 0. The molecule has 0 aromatic heterocycles. The molecule has 0 amide bonds. The number of aliphatic carboxylic acids is 1. The number of carbonyl (C=O) groups excluding carboxylic acids is 2. The van der Waals surface area contributed by atoms with Crippen molar-refractivity contribution in [2.75, 3.05) is 47.5 Å². The second kappa shape index (κ2) is 62.7. The molecule has 0 aromatic carbocycles. The van der Waals surface area contributed by atoms with Gasteiger partial charge < -0.3 is 28.5 Å². The first-order valence-corrected chi connectivity index (χ1v) is 32.3. The minimum atomic E-state index is -1.54. The fourth-order valence-corrected chi connectivity index (χ4v) is 8.11. The van der Waals surface area contributed by atoms with Crippen LogP contribution in [0.4, 0.5) is 0 Å². The van der Waals surface area contributed by atoms with Crippen LogP contribution in [0.2, 0.25) is 0 Å².